The molecule has 0 saturated carbocycles. The Morgan fingerprint density at radius 1 is 0.694 bits per heavy atom. The number of carbonyl (C=O) groups excluding carboxylic acids is 2. The molecule has 0 bridgehead atoms. The molecule has 0 aliphatic carbocycles. The number of sulfonamides is 1. The number of hydrogen-bond donors (Lipinski definition) is 1. The molecule has 8 nitrogen and oxygen atoms in total. The van der Waals surface area contributed by atoms with Crippen molar-refractivity contribution in [2.24, 2.45) is 0 Å². The fourth-order valence-corrected chi connectivity index (χ4v) is 6.80. The first-order valence-electron chi connectivity index (χ1n) is 16.2. The van der Waals surface area contributed by atoms with Gasteiger partial charge in [0.05, 0.1) is 10.6 Å². The third kappa shape index (κ3) is 9.36. The number of anilines is 1. The van der Waals surface area contributed by atoms with Crippen LogP contribution >= 0.6 is 0 Å². The Labute approximate surface area is 289 Å². The molecule has 0 saturated heterocycles. The number of ether oxygens (including phenoxy) is 1. The van der Waals surface area contributed by atoms with E-state index in [2.05, 4.69) is 5.32 Å². The van der Waals surface area contributed by atoms with Crippen molar-refractivity contribution in [3.8, 4) is 11.5 Å². The molecule has 0 aromatic heterocycles. The predicted molar refractivity (Wildman–Crippen MR) is 193 cm³/mol. The van der Waals surface area contributed by atoms with Gasteiger partial charge in [-0.25, -0.2) is 8.42 Å². The largest absolute Gasteiger partial charge is 0.457 e. The molecule has 5 rings (SSSR count). The van der Waals surface area contributed by atoms with Gasteiger partial charge in [0.2, 0.25) is 11.8 Å². The van der Waals surface area contributed by atoms with E-state index in [-0.39, 0.29) is 35.5 Å². The smallest absolute Gasteiger partial charge is 0.264 e. The number of para-hydroxylation sites is 1. The monoisotopic (exact) mass is 675 g/mol. The van der Waals surface area contributed by atoms with Gasteiger partial charge in [-0.1, -0.05) is 96.6 Å². The van der Waals surface area contributed by atoms with Gasteiger partial charge >= 0.3 is 0 Å². The van der Waals surface area contributed by atoms with E-state index < -0.39 is 28.5 Å². The van der Waals surface area contributed by atoms with Crippen LogP contribution in [0.5, 0.6) is 11.5 Å². The van der Waals surface area contributed by atoms with Gasteiger partial charge in [-0.05, 0) is 80.4 Å². The lowest BCUT2D eigenvalue weighted by Gasteiger charge is -2.34. The van der Waals surface area contributed by atoms with Gasteiger partial charge in [0.15, 0.2) is 0 Å². The molecule has 9 heteroatoms. The van der Waals surface area contributed by atoms with Gasteiger partial charge < -0.3 is 15.0 Å². The Morgan fingerprint density at radius 2 is 1.22 bits per heavy atom. The fourth-order valence-electron chi connectivity index (χ4n) is 5.39. The molecule has 0 aliphatic heterocycles. The predicted octanol–water partition coefficient (Wildman–Crippen LogP) is 7.15. The zero-order chi connectivity index (χ0) is 34.8. The highest BCUT2D eigenvalue weighted by atomic mass is 32.2. The number of nitrogens with zero attached hydrogens (tertiary/aromatic N) is 2. The van der Waals surface area contributed by atoms with E-state index in [1.165, 1.54) is 17.0 Å². The summed E-state index contributed by atoms with van der Waals surface area (Å²) in [6.07, 6.45) is 0.244. The first kappa shape index (κ1) is 34.9. The minimum absolute atomic E-state index is 0.0449. The summed E-state index contributed by atoms with van der Waals surface area (Å²) in [5, 5.41) is 2.98. The molecule has 0 unspecified atom stereocenters. The van der Waals surface area contributed by atoms with Crippen molar-refractivity contribution in [1.82, 2.24) is 10.2 Å². The van der Waals surface area contributed by atoms with E-state index in [4.69, 9.17) is 4.74 Å². The van der Waals surface area contributed by atoms with Crippen LogP contribution in [0.15, 0.2) is 144 Å². The summed E-state index contributed by atoms with van der Waals surface area (Å²) in [6.45, 7) is 5.16. The second kappa shape index (κ2) is 16.1. The minimum atomic E-state index is -4.22. The van der Waals surface area contributed by atoms with Crippen LogP contribution in [0.25, 0.3) is 0 Å². The number of amides is 2. The third-order valence-corrected chi connectivity index (χ3v) is 9.68. The molecule has 0 aliphatic rings. The van der Waals surface area contributed by atoms with Crippen LogP contribution < -0.4 is 14.4 Å². The maximum Gasteiger partial charge on any atom is 0.264 e. The van der Waals surface area contributed by atoms with E-state index in [0.29, 0.717) is 11.5 Å². The molecule has 49 heavy (non-hydrogen) atoms. The number of benzene rings is 5. The molecule has 5 aromatic rings. The van der Waals surface area contributed by atoms with Gasteiger partial charge in [-0.15, -0.1) is 0 Å². The zero-order valence-corrected chi connectivity index (χ0v) is 28.7. The Hall–Kier alpha value is -5.41. The van der Waals surface area contributed by atoms with Gasteiger partial charge in [0, 0.05) is 19.0 Å². The molecule has 5 aromatic carbocycles. The molecule has 1 atom stereocenters. The molecule has 2 amide bonds. The van der Waals surface area contributed by atoms with Crippen LogP contribution in [0.3, 0.4) is 0 Å². The molecule has 252 valence electrons. The van der Waals surface area contributed by atoms with Crippen LogP contribution in [0.4, 0.5) is 5.69 Å². The van der Waals surface area contributed by atoms with Crippen LogP contribution in [0.2, 0.25) is 0 Å². The third-order valence-electron chi connectivity index (χ3n) is 7.89. The van der Waals surface area contributed by atoms with Gasteiger partial charge in [0.25, 0.3) is 10.0 Å². The average Bonchev–Trinajstić information content (AvgIpc) is 3.10. The van der Waals surface area contributed by atoms with Crippen molar-refractivity contribution in [2.45, 2.75) is 50.7 Å². The number of carbonyl (C=O) groups is 2. The number of rotatable bonds is 14. The highest BCUT2D eigenvalue weighted by molar-refractivity contribution is 7.92. The highest BCUT2D eigenvalue weighted by Crippen LogP contribution is 2.29. The lowest BCUT2D eigenvalue weighted by molar-refractivity contribution is -0.140. The summed E-state index contributed by atoms with van der Waals surface area (Å²) in [6, 6.07) is 40.1. The zero-order valence-electron chi connectivity index (χ0n) is 27.9. The minimum Gasteiger partial charge on any atom is -0.457 e. The van der Waals surface area contributed by atoms with Gasteiger partial charge in [-0.2, -0.15) is 0 Å². The fraction of sp³-hybridized carbons (Fsp3) is 0.200. The van der Waals surface area contributed by atoms with E-state index in [9.17, 15) is 18.0 Å². The first-order valence-corrected chi connectivity index (χ1v) is 17.6. The molecular weight excluding hydrogens is 635 g/mol. The van der Waals surface area contributed by atoms with E-state index in [0.717, 1.165) is 21.0 Å². The summed E-state index contributed by atoms with van der Waals surface area (Å²) in [4.78, 5) is 30.0. The quantitative estimate of drug-likeness (QED) is 0.135. The SMILES string of the molecule is Cc1ccc(S(=O)(=O)N(CC(=O)N(Cc2ccccc2)[C@H](Cc2ccccc2)C(=O)NC(C)C)c2ccc(Oc3ccccc3)cc2)cc1. The Kier molecular flexibility index (Phi) is 11.5. The van der Waals surface area contributed by atoms with Crippen molar-refractivity contribution in [2.75, 3.05) is 10.8 Å². The Bertz CT molecular complexity index is 1920. The molecule has 0 heterocycles. The summed E-state index contributed by atoms with van der Waals surface area (Å²) in [5.74, 6) is 0.297. The molecule has 1 N–H and O–H groups in total. The van der Waals surface area contributed by atoms with Crippen LogP contribution in [-0.4, -0.2) is 43.8 Å². The van der Waals surface area contributed by atoms with E-state index in [1.807, 2.05) is 112 Å². The first-order chi connectivity index (χ1) is 23.6. The molecular formula is C40H41N3O5S. The van der Waals surface area contributed by atoms with Crippen molar-refractivity contribution in [3.63, 3.8) is 0 Å². The normalized spacial score (nSPS) is 11.8. The number of nitrogens with one attached hydrogen (secondary N) is 1. The second-order valence-corrected chi connectivity index (χ2v) is 14.0. The van der Waals surface area contributed by atoms with Crippen LogP contribution in [0.1, 0.15) is 30.5 Å². The summed E-state index contributed by atoms with van der Waals surface area (Å²) >= 11 is 0. The highest BCUT2D eigenvalue weighted by Gasteiger charge is 2.34. The van der Waals surface area contributed by atoms with E-state index >= 15 is 0 Å². The van der Waals surface area contributed by atoms with Crippen molar-refractivity contribution in [3.05, 3.63) is 156 Å². The summed E-state index contributed by atoms with van der Waals surface area (Å²) in [7, 11) is -4.22. The lowest BCUT2D eigenvalue weighted by atomic mass is 10.0. The number of hydrogen-bond acceptors (Lipinski definition) is 5. The standard InChI is InChI=1S/C40H41N3O5S/c1-30(2)41-40(45)38(27-32-13-7-4-8-14-32)42(28-33-15-9-5-10-16-33)39(44)29-43(49(46,47)37-25-19-31(3)20-26-37)34-21-23-36(24-22-34)48-35-17-11-6-12-18-35/h4-26,30,38H,27-29H2,1-3H3,(H,41,45)/t38-/m1/s1. The topological polar surface area (TPSA) is 96.0 Å². The number of aryl methyl sites for hydroxylation is 1. The second-order valence-electron chi connectivity index (χ2n) is 12.1. The van der Waals surface area contributed by atoms with Crippen molar-refractivity contribution < 1.29 is 22.7 Å². The molecule has 0 spiro atoms. The van der Waals surface area contributed by atoms with Crippen LogP contribution in [-0.2, 0) is 32.6 Å². The molecule has 0 fully saturated rings. The maximum atomic E-state index is 14.6. The van der Waals surface area contributed by atoms with Crippen LogP contribution in [0, 0.1) is 6.92 Å². The summed E-state index contributed by atoms with van der Waals surface area (Å²) in [5.41, 5.74) is 2.86. The lowest BCUT2D eigenvalue weighted by Crippen LogP contribution is -2.54. The van der Waals surface area contributed by atoms with E-state index in [1.54, 1.807) is 36.4 Å². The summed E-state index contributed by atoms with van der Waals surface area (Å²) < 4.78 is 35.7. The average molecular weight is 676 g/mol. The van der Waals surface area contributed by atoms with Gasteiger partial charge in [0.1, 0.15) is 24.1 Å². The Morgan fingerprint density at radius 3 is 1.80 bits per heavy atom. The maximum absolute atomic E-state index is 14.6. The Balaban J connectivity index is 1.55. The molecule has 0 radical (unpaired) electrons. The van der Waals surface area contributed by atoms with Crippen molar-refractivity contribution in [1.29, 1.82) is 0 Å². The van der Waals surface area contributed by atoms with Gasteiger partial charge in [-0.3, -0.25) is 13.9 Å². The van der Waals surface area contributed by atoms with Crippen molar-refractivity contribution >= 4 is 27.5 Å².